The van der Waals surface area contributed by atoms with Gasteiger partial charge in [-0.2, -0.15) is 0 Å². The van der Waals surface area contributed by atoms with Gasteiger partial charge in [0.2, 0.25) is 0 Å². The minimum Gasteiger partial charge on any atom is -0.469 e. The maximum atomic E-state index is 11.7. The van der Waals surface area contributed by atoms with Crippen LogP contribution in [-0.2, 0) is 16.0 Å². The highest BCUT2D eigenvalue weighted by Gasteiger charge is 2.28. The van der Waals surface area contributed by atoms with E-state index in [2.05, 4.69) is 15.9 Å². The van der Waals surface area contributed by atoms with Crippen molar-refractivity contribution in [3.05, 3.63) is 58.1 Å². The largest absolute Gasteiger partial charge is 0.469 e. The van der Waals surface area contributed by atoms with Crippen LogP contribution in [0, 0.1) is 12.3 Å². The number of rotatable bonds is 6. The maximum absolute atomic E-state index is 11.7. The molecule has 0 heterocycles. The van der Waals surface area contributed by atoms with Gasteiger partial charge in [0, 0.05) is 10.0 Å². The summed E-state index contributed by atoms with van der Waals surface area (Å²) in [6.45, 7) is 5.83. The average molecular weight is 391 g/mol. The SMILES string of the molecule is COC(=O)C(C)(C)CCc1ccc(Oc2cccc(Br)c2C)cc1. The lowest BCUT2D eigenvalue weighted by molar-refractivity contribution is -0.151. The highest BCUT2D eigenvalue weighted by atomic mass is 79.9. The number of ether oxygens (including phenoxy) is 2. The van der Waals surface area contributed by atoms with Gasteiger partial charge in [-0.1, -0.05) is 34.1 Å². The highest BCUT2D eigenvalue weighted by Crippen LogP contribution is 2.30. The zero-order valence-electron chi connectivity index (χ0n) is 14.6. The second-order valence-corrected chi connectivity index (χ2v) is 7.34. The third-order valence-corrected chi connectivity index (χ3v) is 5.00. The fraction of sp³-hybridized carbons (Fsp3) is 0.350. The van der Waals surface area contributed by atoms with Crippen molar-refractivity contribution >= 4 is 21.9 Å². The standard InChI is InChI=1S/C20H23BrO3/c1-14-17(21)6-5-7-18(14)24-16-10-8-15(9-11-16)12-13-20(2,3)19(22)23-4/h5-11H,12-13H2,1-4H3. The molecule has 0 unspecified atom stereocenters. The predicted molar refractivity (Wildman–Crippen MR) is 99.5 cm³/mol. The summed E-state index contributed by atoms with van der Waals surface area (Å²) in [7, 11) is 1.43. The maximum Gasteiger partial charge on any atom is 0.311 e. The molecule has 24 heavy (non-hydrogen) atoms. The van der Waals surface area contributed by atoms with E-state index in [-0.39, 0.29) is 5.97 Å². The van der Waals surface area contributed by atoms with E-state index >= 15 is 0 Å². The van der Waals surface area contributed by atoms with E-state index in [9.17, 15) is 4.79 Å². The lowest BCUT2D eigenvalue weighted by Crippen LogP contribution is -2.26. The van der Waals surface area contributed by atoms with Gasteiger partial charge < -0.3 is 9.47 Å². The van der Waals surface area contributed by atoms with Crippen molar-refractivity contribution in [2.75, 3.05) is 7.11 Å². The summed E-state index contributed by atoms with van der Waals surface area (Å²) in [4.78, 5) is 11.7. The number of methoxy groups -OCH3 is 1. The number of carbonyl (C=O) groups is 1. The molecule has 2 aromatic rings. The lowest BCUT2D eigenvalue weighted by Gasteiger charge is -2.21. The number of esters is 1. The van der Waals surface area contributed by atoms with Gasteiger partial charge in [-0.15, -0.1) is 0 Å². The van der Waals surface area contributed by atoms with Gasteiger partial charge in [0.25, 0.3) is 0 Å². The van der Waals surface area contributed by atoms with Crippen molar-refractivity contribution < 1.29 is 14.3 Å². The molecule has 0 aliphatic carbocycles. The van der Waals surface area contributed by atoms with Crippen LogP contribution in [0.4, 0.5) is 0 Å². The zero-order chi connectivity index (χ0) is 17.7. The van der Waals surface area contributed by atoms with Crippen LogP contribution in [0.3, 0.4) is 0 Å². The molecule has 0 bridgehead atoms. The van der Waals surface area contributed by atoms with E-state index in [1.807, 2.05) is 63.2 Å². The van der Waals surface area contributed by atoms with Crippen molar-refractivity contribution in [1.82, 2.24) is 0 Å². The zero-order valence-corrected chi connectivity index (χ0v) is 16.1. The molecule has 0 amide bonds. The Morgan fingerprint density at radius 1 is 1.12 bits per heavy atom. The molecule has 0 fully saturated rings. The molecule has 3 nitrogen and oxygen atoms in total. The third-order valence-electron chi connectivity index (χ3n) is 4.15. The fourth-order valence-electron chi connectivity index (χ4n) is 2.38. The molecule has 2 rings (SSSR count). The molecule has 0 saturated heterocycles. The summed E-state index contributed by atoms with van der Waals surface area (Å²) in [6, 6.07) is 13.9. The topological polar surface area (TPSA) is 35.5 Å². The Hall–Kier alpha value is -1.81. The number of hydrogen-bond donors (Lipinski definition) is 0. The molecule has 2 aromatic carbocycles. The van der Waals surface area contributed by atoms with Crippen LogP contribution in [0.2, 0.25) is 0 Å². The quantitative estimate of drug-likeness (QED) is 0.594. The molecular weight excluding hydrogens is 368 g/mol. The second-order valence-electron chi connectivity index (χ2n) is 6.48. The van der Waals surface area contributed by atoms with Crippen molar-refractivity contribution in [1.29, 1.82) is 0 Å². The first-order valence-corrected chi connectivity index (χ1v) is 8.73. The summed E-state index contributed by atoms with van der Waals surface area (Å²) in [6.07, 6.45) is 1.56. The summed E-state index contributed by atoms with van der Waals surface area (Å²) in [5, 5.41) is 0. The number of hydrogen-bond acceptors (Lipinski definition) is 3. The van der Waals surface area contributed by atoms with Crippen LogP contribution in [0.25, 0.3) is 0 Å². The van der Waals surface area contributed by atoms with Crippen molar-refractivity contribution in [3.63, 3.8) is 0 Å². The van der Waals surface area contributed by atoms with Crippen LogP contribution in [0.15, 0.2) is 46.9 Å². The first-order chi connectivity index (χ1) is 11.3. The molecule has 0 N–H and O–H groups in total. The molecule has 0 atom stereocenters. The van der Waals surface area contributed by atoms with E-state index in [4.69, 9.17) is 9.47 Å². The van der Waals surface area contributed by atoms with E-state index in [0.717, 1.165) is 34.4 Å². The molecule has 0 aromatic heterocycles. The predicted octanol–water partition coefficient (Wildman–Crippen LogP) is 5.68. The van der Waals surface area contributed by atoms with Crippen molar-refractivity contribution in [3.8, 4) is 11.5 Å². The van der Waals surface area contributed by atoms with E-state index in [0.29, 0.717) is 0 Å². The van der Waals surface area contributed by atoms with Crippen LogP contribution >= 0.6 is 15.9 Å². The van der Waals surface area contributed by atoms with Gasteiger partial charge in [-0.25, -0.2) is 0 Å². The van der Waals surface area contributed by atoms with Gasteiger partial charge >= 0.3 is 5.97 Å². The Kier molecular flexibility index (Phi) is 6.05. The summed E-state index contributed by atoms with van der Waals surface area (Å²) in [5.74, 6) is 1.46. The van der Waals surface area contributed by atoms with Crippen LogP contribution < -0.4 is 4.74 Å². The molecular formula is C20H23BrO3. The van der Waals surface area contributed by atoms with Crippen LogP contribution in [0.5, 0.6) is 11.5 Å². The molecule has 0 aliphatic rings. The van der Waals surface area contributed by atoms with Gasteiger partial charge in [0.15, 0.2) is 0 Å². The monoisotopic (exact) mass is 390 g/mol. The minimum atomic E-state index is -0.475. The molecule has 0 aliphatic heterocycles. The summed E-state index contributed by atoms with van der Waals surface area (Å²) < 4.78 is 11.8. The molecule has 0 radical (unpaired) electrons. The molecule has 128 valence electrons. The summed E-state index contributed by atoms with van der Waals surface area (Å²) in [5.41, 5.74) is 1.77. The Morgan fingerprint density at radius 2 is 1.79 bits per heavy atom. The van der Waals surface area contributed by atoms with Crippen molar-refractivity contribution in [2.24, 2.45) is 5.41 Å². The first kappa shape index (κ1) is 18.5. The smallest absolute Gasteiger partial charge is 0.311 e. The van der Waals surface area contributed by atoms with Gasteiger partial charge in [-0.05, 0) is 63.4 Å². The van der Waals surface area contributed by atoms with Crippen LogP contribution in [0.1, 0.15) is 31.4 Å². The first-order valence-electron chi connectivity index (χ1n) is 7.94. The minimum absolute atomic E-state index is 0.174. The number of carbonyl (C=O) groups excluding carboxylic acids is 1. The number of aryl methyl sites for hydroxylation is 1. The molecule has 4 heteroatoms. The Bertz CT molecular complexity index is 705. The lowest BCUT2D eigenvalue weighted by atomic mass is 9.86. The van der Waals surface area contributed by atoms with Gasteiger partial charge in [0.05, 0.1) is 12.5 Å². The molecule has 0 saturated carbocycles. The van der Waals surface area contributed by atoms with Crippen LogP contribution in [-0.4, -0.2) is 13.1 Å². The third kappa shape index (κ3) is 4.60. The highest BCUT2D eigenvalue weighted by molar-refractivity contribution is 9.10. The van der Waals surface area contributed by atoms with E-state index in [1.165, 1.54) is 12.7 Å². The normalized spacial score (nSPS) is 11.2. The Morgan fingerprint density at radius 3 is 2.42 bits per heavy atom. The van der Waals surface area contributed by atoms with Crippen molar-refractivity contribution in [2.45, 2.75) is 33.6 Å². The number of benzene rings is 2. The van der Waals surface area contributed by atoms with E-state index in [1.54, 1.807) is 0 Å². The molecule has 0 spiro atoms. The second kappa shape index (κ2) is 7.84. The Labute approximate surface area is 152 Å². The number of halogens is 1. The van der Waals surface area contributed by atoms with Gasteiger partial charge in [0.1, 0.15) is 11.5 Å². The van der Waals surface area contributed by atoms with Gasteiger partial charge in [-0.3, -0.25) is 4.79 Å². The average Bonchev–Trinajstić information content (AvgIpc) is 2.57. The summed E-state index contributed by atoms with van der Waals surface area (Å²) >= 11 is 3.51. The Balaban J connectivity index is 2.01. The van der Waals surface area contributed by atoms with E-state index < -0.39 is 5.41 Å². The fourth-order valence-corrected chi connectivity index (χ4v) is 2.73.